The highest BCUT2D eigenvalue weighted by molar-refractivity contribution is 5.92. The first-order chi connectivity index (χ1) is 20.5. The van der Waals surface area contributed by atoms with Gasteiger partial charge in [-0.25, -0.2) is 4.39 Å². The van der Waals surface area contributed by atoms with Crippen LogP contribution < -0.4 is 9.47 Å². The molecule has 1 aromatic heterocycles. The van der Waals surface area contributed by atoms with Crippen molar-refractivity contribution in [3.05, 3.63) is 132 Å². The highest BCUT2D eigenvalue weighted by Gasteiger charge is 2.18. The second-order valence-corrected chi connectivity index (χ2v) is 11.0. The summed E-state index contributed by atoms with van der Waals surface area (Å²) in [6, 6.07) is 31.6. The number of ether oxygens (including phenoxy) is 2. The van der Waals surface area contributed by atoms with Gasteiger partial charge in [0.05, 0.1) is 5.69 Å². The van der Waals surface area contributed by atoms with Crippen LogP contribution in [0, 0.1) is 12.7 Å². The summed E-state index contributed by atoms with van der Waals surface area (Å²) in [5.41, 5.74) is 6.60. The molecule has 0 radical (unpaired) electrons. The van der Waals surface area contributed by atoms with E-state index in [9.17, 15) is 4.39 Å². The Morgan fingerprint density at radius 2 is 1.60 bits per heavy atom. The molecule has 1 aliphatic heterocycles. The molecule has 6 rings (SSSR count). The highest BCUT2D eigenvalue weighted by atomic mass is 19.1. The van der Waals surface area contributed by atoms with E-state index in [0.29, 0.717) is 13.2 Å². The van der Waals surface area contributed by atoms with Crippen LogP contribution in [0.3, 0.4) is 0 Å². The van der Waals surface area contributed by atoms with Crippen molar-refractivity contribution in [2.75, 3.05) is 6.54 Å². The summed E-state index contributed by atoms with van der Waals surface area (Å²) in [5.74, 6) is 1.44. The molecular formula is C37H37FN2O2. The van der Waals surface area contributed by atoms with Gasteiger partial charge in [0.15, 0.2) is 6.23 Å². The maximum atomic E-state index is 13.9. The van der Waals surface area contributed by atoms with Crippen LogP contribution in [0.2, 0.25) is 0 Å². The topological polar surface area (TPSA) is 26.6 Å². The molecule has 5 heteroatoms. The number of rotatable bonds is 9. The first kappa shape index (κ1) is 27.6. The molecule has 214 valence electrons. The maximum absolute atomic E-state index is 13.9. The summed E-state index contributed by atoms with van der Waals surface area (Å²) in [7, 11) is 0. The molecule has 0 aliphatic carbocycles. The number of nitrogens with zero attached hydrogens (tertiary/aromatic N) is 2. The number of hydrogen-bond donors (Lipinski definition) is 0. The molecule has 4 nitrogen and oxygen atoms in total. The number of fused-ring (bicyclic) bond motifs is 1. The second kappa shape index (κ2) is 12.6. The molecule has 1 unspecified atom stereocenters. The lowest BCUT2D eigenvalue weighted by Crippen LogP contribution is -2.33. The molecule has 2 heterocycles. The van der Waals surface area contributed by atoms with E-state index in [2.05, 4.69) is 84.1 Å². The largest absolute Gasteiger partial charge is 0.489 e. The van der Waals surface area contributed by atoms with Crippen molar-refractivity contribution in [1.29, 1.82) is 0 Å². The Morgan fingerprint density at radius 1 is 0.833 bits per heavy atom. The van der Waals surface area contributed by atoms with Gasteiger partial charge in [-0.1, -0.05) is 48.5 Å². The van der Waals surface area contributed by atoms with Crippen LogP contribution in [-0.4, -0.2) is 22.2 Å². The maximum Gasteiger partial charge on any atom is 0.169 e. The fourth-order valence-corrected chi connectivity index (χ4v) is 5.74. The molecule has 5 aromatic rings. The third kappa shape index (κ3) is 6.20. The van der Waals surface area contributed by atoms with Crippen molar-refractivity contribution < 1.29 is 13.9 Å². The summed E-state index contributed by atoms with van der Waals surface area (Å²) in [6.07, 6.45) is 7.92. The van der Waals surface area contributed by atoms with E-state index >= 15 is 0 Å². The van der Waals surface area contributed by atoms with E-state index in [1.807, 2.05) is 36.4 Å². The van der Waals surface area contributed by atoms with Gasteiger partial charge in [-0.15, -0.1) is 0 Å². The number of aryl methyl sites for hydroxylation is 1. The SMILES string of the molecule is Cc1c(-c2ccc(F)cc2)n(Cc2ccc(OC(C)N3C=CCCCC3)cc2)c2ccc(OCc3ccccc3)cc12. The number of hydrogen-bond acceptors (Lipinski definition) is 3. The average molecular weight is 561 g/mol. The lowest BCUT2D eigenvalue weighted by Gasteiger charge is -2.27. The quantitative estimate of drug-likeness (QED) is 0.180. The van der Waals surface area contributed by atoms with E-state index in [1.54, 1.807) is 0 Å². The van der Waals surface area contributed by atoms with Gasteiger partial charge in [0.2, 0.25) is 0 Å². The van der Waals surface area contributed by atoms with Gasteiger partial charge in [-0.2, -0.15) is 0 Å². The second-order valence-electron chi connectivity index (χ2n) is 11.0. The third-order valence-corrected chi connectivity index (χ3v) is 8.03. The molecular weight excluding hydrogens is 523 g/mol. The molecule has 0 fully saturated rings. The van der Waals surface area contributed by atoms with Crippen LogP contribution in [0.25, 0.3) is 22.2 Å². The van der Waals surface area contributed by atoms with Gasteiger partial charge in [-0.05, 0) is 116 Å². The Labute approximate surface area is 247 Å². The standard InChI is InChI=1S/C37H37FN2O2/c1-27-35-24-34(41-26-30-10-6-5-7-11-30)20-21-36(35)40(37(27)31-14-16-32(38)17-15-31)25-29-12-18-33(19-13-29)42-28(2)39-22-8-3-4-9-23-39/h5-8,10-22,24,28H,3-4,9,23,25-26H2,1-2H3. The van der Waals surface area contributed by atoms with Gasteiger partial charge in [0.25, 0.3) is 0 Å². The van der Waals surface area contributed by atoms with Crippen LogP contribution in [0.4, 0.5) is 4.39 Å². The van der Waals surface area contributed by atoms with Gasteiger partial charge >= 0.3 is 0 Å². The Kier molecular flexibility index (Phi) is 8.27. The zero-order valence-corrected chi connectivity index (χ0v) is 24.3. The van der Waals surface area contributed by atoms with Gasteiger partial charge in [0, 0.05) is 24.0 Å². The fraction of sp³-hybridized carbons (Fsp3) is 0.243. The van der Waals surface area contributed by atoms with Crippen molar-refractivity contribution in [2.24, 2.45) is 0 Å². The minimum Gasteiger partial charge on any atom is -0.489 e. The molecule has 0 spiro atoms. The first-order valence-electron chi connectivity index (χ1n) is 14.8. The van der Waals surface area contributed by atoms with Crippen LogP contribution in [-0.2, 0) is 13.2 Å². The highest BCUT2D eigenvalue weighted by Crippen LogP contribution is 2.36. The molecule has 1 aliphatic rings. The molecule has 0 saturated heterocycles. The summed E-state index contributed by atoms with van der Waals surface area (Å²) in [6.45, 7) is 6.43. The monoisotopic (exact) mass is 560 g/mol. The van der Waals surface area contributed by atoms with Crippen LogP contribution >= 0.6 is 0 Å². The van der Waals surface area contributed by atoms with Crippen molar-refractivity contribution >= 4 is 10.9 Å². The van der Waals surface area contributed by atoms with Crippen LogP contribution in [0.5, 0.6) is 11.5 Å². The minimum absolute atomic E-state index is 0.0235. The predicted molar refractivity (Wildman–Crippen MR) is 168 cm³/mol. The smallest absolute Gasteiger partial charge is 0.169 e. The Bertz CT molecular complexity index is 1660. The average Bonchev–Trinajstić information content (AvgIpc) is 3.17. The summed E-state index contributed by atoms with van der Waals surface area (Å²) in [4.78, 5) is 2.27. The molecule has 42 heavy (non-hydrogen) atoms. The van der Waals surface area contributed by atoms with Gasteiger partial charge < -0.3 is 18.9 Å². The van der Waals surface area contributed by atoms with Crippen LogP contribution in [0.15, 0.2) is 109 Å². The number of aromatic nitrogens is 1. The van der Waals surface area contributed by atoms with Gasteiger partial charge in [-0.3, -0.25) is 0 Å². The number of halogens is 1. The Morgan fingerprint density at radius 3 is 2.38 bits per heavy atom. The molecule has 1 atom stereocenters. The number of benzene rings is 4. The van der Waals surface area contributed by atoms with E-state index in [1.165, 1.54) is 25.0 Å². The zero-order valence-electron chi connectivity index (χ0n) is 24.3. The lowest BCUT2D eigenvalue weighted by molar-refractivity contribution is 0.0778. The van der Waals surface area contributed by atoms with E-state index in [-0.39, 0.29) is 12.0 Å². The normalized spacial score (nSPS) is 14.1. The first-order valence-corrected chi connectivity index (χ1v) is 14.8. The van der Waals surface area contributed by atoms with Gasteiger partial charge in [0.1, 0.15) is 23.9 Å². The zero-order chi connectivity index (χ0) is 28.9. The van der Waals surface area contributed by atoms with Crippen molar-refractivity contribution in [2.45, 2.75) is 52.5 Å². The lowest BCUT2D eigenvalue weighted by atomic mass is 10.1. The molecule has 0 N–H and O–H groups in total. The van der Waals surface area contributed by atoms with Crippen molar-refractivity contribution in [3.8, 4) is 22.8 Å². The summed E-state index contributed by atoms with van der Waals surface area (Å²) < 4.78 is 28.6. The molecule has 0 amide bonds. The molecule has 0 bridgehead atoms. The Balaban J connectivity index is 1.28. The fourth-order valence-electron chi connectivity index (χ4n) is 5.74. The Hall–Kier alpha value is -4.51. The molecule has 4 aromatic carbocycles. The molecule has 0 saturated carbocycles. The minimum atomic E-state index is -0.240. The van der Waals surface area contributed by atoms with E-state index in [0.717, 1.165) is 63.3 Å². The van der Waals surface area contributed by atoms with E-state index < -0.39 is 0 Å². The summed E-state index contributed by atoms with van der Waals surface area (Å²) in [5, 5.41) is 1.12. The third-order valence-electron chi connectivity index (χ3n) is 8.03. The predicted octanol–water partition coefficient (Wildman–Crippen LogP) is 9.11. The van der Waals surface area contributed by atoms with Crippen molar-refractivity contribution in [1.82, 2.24) is 9.47 Å². The number of allylic oxidation sites excluding steroid dienone is 1. The van der Waals surface area contributed by atoms with Crippen molar-refractivity contribution in [3.63, 3.8) is 0 Å². The van der Waals surface area contributed by atoms with E-state index in [4.69, 9.17) is 9.47 Å². The summed E-state index contributed by atoms with van der Waals surface area (Å²) >= 11 is 0. The van der Waals surface area contributed by atoms with Crippen LogP contribution in [0.1, 0.15) is 42.9 Å².